The van der Waals surface area contributed by atoms with Gasteiger partial charge in [0.1, 0.15) is 5.70 Å². The van der Waals surface area contributed by atoms with Gasteiger partial charge in [-0.25, -0.2) is 0 Å². The molecule has 1 fully saturated rings. The van der Waals surface area contributed by atoms with Gasteiger partial charge in [0.15, 0.2) is 5.11 Å². The first-order valence-corrected chi connectivity index (χ1v) is 8.91. The molecule has 0 saturated carbocycles. The number of nitrogens with zero attached hydrogens (tertiary/aromatic N) is 3. The van der Waals surface area contributed by atoms with E-state index in [0.717, 1.165) is 29.2 Å². The molecule has 0 spiro atoms. The summed E-state index contributed by atoms with van der Waals surface area (Å²) >= 11 is 5.51. The Morgan fingerprint density at radius 2 is 1.88 bits per heavy atom. The fraction of sp³-hybridized carbons (Fsp3) is 0.300. The highest BCUT2D eigenvalue weighted by Crippen LogP contribution is 2.28. The van der Waals surface area contributed by atoms with Crippen LogP contribution in [0, 0.1) is 13.8 Å². The minimum Gasteiger partial charge on any atom is -0.383 e. The third kappa shape index (κ3) is 3.18. The van der Waals surface area contributed by atoms with E-state index in [4.69, 9.17) is 17.0 Å². The molecule has 1 saturated heterocycles. The maximum atomic E-state index is 13.0. The molecule has 2 aromatic rings. The van der Waals surface area contributed by atoms with Gasteiger partial charge in [-0.1, -0.05) is 18.2 Å². The molecule has 1 aliphatic heterocycles. The zero-order valence-corrected chi connectivity index (χ0v) is 16.3. The number of rotatable bonds is 5. The summed E-state index contributed by atoms with van der Waals surface area (Å²) in [6.45, 7) is 5.56. The SMILES string of the molecule is COCCn1c(C)cc(C=C2C(=O)N(c3ccccc3)C(=S)N2C)c1C. The molecule has 0 aliphatic carbocycles. The van der Waals surface area contributed by atoms with Gasteiger partial charge in [0.2, 0.25) is 0 Å². The van der Waals surface area contributed by atoms with E-state index in [-0.39, 0.29) is 5.91 Å². The molecule has 0 radical (unpaired) electrons. The number of carbonyl (C=O) groups excluding carboxylic acids is 1. The minimum atomic E-state index is -0.106. The van der Waals surface area contributed by atoms with E-state index < -0.39 is 0 Å². The monoisotopic (exact) mass is 369 g/mol. The van der Waals surface area contributed by atoms with Gasteiger partial charge in [0, 0.05) is 32.1 Å². The van der Waals surface area contributed by atoms with Crippen LogP contribution in [0.3, 0.4) is 0 Å². The quantitative estimate of drug-likeness (QED) is 0.598. The van der Waals surface area contributed by atoms with Gasteiger partial charge in [-0.2, -0.15) is 0 Å². The Labute approximate surface area is 159 Å². The standard InChI is InChI=1S/C20H23N3O2S/c1-14-12-16(15(2)22(14)10-11-25-4)13-18-19(24)23(20(26)21(18)3)17-8-6-5-7-9-17/h5-9,12-13H,10-11H2,1-4H3. The number of aromatic nitrogens is 1. The van der Waals surface area contributed by atoms with Crippen molar-refractivity contribution in [3.05, 3.63) is 59.0 Å². The maximum Gasteiger partial charge on any atom is 0.281 e. The van der Waals surface area contributed by atoms with Crippen molar-refractivity contribution < 1.29 is 9.53 Å². The normalized spacial score (nSPS) is 16.2. The van der Waals surface area contributed by atoms with E-state index in [1.54, 1.807) is 16.9 Å². The van der Waals surface area contributed by atoms with Crippen LogP contribution >= 0.6 is 12.2 Å². The molecule has 0 unspecified atom stereocenters. The summed E-state index contributed by atoms with van der Waals surface area (Å²) in [6.07, 6.45) is 1.92. The van der Waals surface area contributed by atoms with Crippen LogP contribution in [0.2, 0.25) is 0 Å². The van der Waals surface area contributed by atoms with Crippen molar-refractivity contribution in [2.75, 3.05) is 25.7 Å². The van der Waals surface area contributed by atoms with E-state index in [1.165, 1.54) is 0 Å². The van der Waals surface area contributed by atoms with Gasteiger partial charge in [0.05, 0.1) is 12.3 Å². The number of methoxy groups -OCH3 is 1. The number of likely N-dealkylation sites (N-methyl/N-ethyl adjacent to an activating group) is 1. The Kier molecular flexibility index (Phi) is 5.25. The number of hydrogen-bond donors (Lipinski definition) is 0. The smallest absolute Gasteiger partial charge is 0.281 e. The number of anilines is 1. The molecule has 6 heteroatoms. The highest BCUT2D eigenvalue weighted by atomic mass is 32.1. The Balaban J connectivity index is 1.97. The van der Waals surface area contributed by atoms with Crippen molar-refractivity contribution in [3.8, 4) is 0 Å². The number of thiocarbonyl (C=S) groups is 1. The average Bonchev–Trinajstić information content (AvgIpc) is 3.02. The largest absolute Gasteiger partial charge is 0.383 e. The van der Waals surface area contributed by atoms with E-state index >= 15 is 0 Å². The Morgan fingerprint density at radius 3 is 2.54 bits per heavy atom. The summed E-state index contributed by atoms with van der Waals surface area (Å²) in [7, 11) is 3.53. The van der Waals surface area contributed by atoms with Crippen LogP contribution < -0.4 is 4.90 Å². The zero-order chi connectivity index (χ0) is 18.8. The Morgan fingerprint density at radius 1 is 1.19 bits per heavy atom. The first-order valence-electron chi connectivity index (χ1n) is 8.50. The van der Waals surface area contributed by atoms with Crippen LogP contribution in [-0.2, 0) is 16.1 Å². The van der Waals surface area contributed by atoms with Crippen molar-refractivity contribution in [3.63, 3.8) is 0 Å². The molecule has 1 aromatic heterocycles. The lowest BCUT2D eigenvalue weighted by atomic mass is 10.2. The van der Waals surface area contributed by atoms with Crippen molar-refractivity contribution in [1.82, 2.24) is 9.47 Å². The molecule has 0 atom stereocenters. The highest BCUT2D eigenvalue weighted by Gasteiger charge is 2.36. The molecule has 0 N–H and O–H groups in total. The van der Waals surface area contributed by atoms with Crippen LogP contribution in [-0.4, -0.2) is 41.3 Å². The summed E-state index contributed by atoms with van der Waals surface area (Å²) in [5.41, 5.74) is 4.62. The molecule has 1 aliphatic rings. The summed E-state index contributed by atoms with van der Waals surface area (Å²) in [5.74, 6) is -0.106. The Bertz CT molecular complexity index is 871. The molecule has 3 rings (SSSR count). The van der Waals surface area contributed by atoms with E-state index in [9.17, 15) is 4.79 Å². The predicted octanol–water partition coefficient (Wildman–Crippen LogP) is 3.36. The molecular weight excluding hydrogens is 346 g/mol. The van der Waals surface area contributed by atoms with E-state index in [0.29, 0.717) is 17.4 Å². The third-order valence-corrected chi connectivity index (χ3v) is 5.16. The van der Waals surface area contributed by atoms with Gasteiger partial charge in [0.25, 0.3) is 5.91 Å². The zero-order valence-electron chi connectivity index (χ0n) is 15.5. The number of ether oxygens (including phenoxy) is 1. The maximum absolute atomic E-state index is 13.0. The van der Waals surface area contributed by atoms with Gasteiger partial charge < -0.3 is 14.2 Å². The summed E-state index contributed by atoms with van der Waals surface area (Å²) in [4.78, 5) is 16.4. The lowest BCUT2D eigenvalue weighted by Crippen LogP contribution is -2.30. The number of aryl methyl sites for hydroxylation is 1. The van der Waals surface area contributed by atoms with Crippen LogP contribution in [0.1, 0.15) is 17.0 Å². The summed E-state index contributed by atoms with van der Waals surface area (Å²) in [5, 5.41) is 0.487. The molecule has 5 nitrogen and oxygen atoms in total. The lowest BCUT2D eigenvalue weighted by Gasteiger charge is -2.16. The first-order chi connectivity index (χ1) is 12.5. The fourth-order valence-corrected chi connectivity index (χ4v) is 3.50. The molecule has 2 heterocycles. The van der Waals surface area contributed by atoms with E-state index in [2.05, 4.69) is 24.5 Å². The minimum absolute atomic E-state index is 0.106. The van der Waals surface area contributed by atoms with Crippen LogP contribution in [0.25, 0.3) is 6.08 Å². The van der Waals surface area contributed by atoms with Crippen molar-refractivity contribution >= 4 is 35.0 Å². The van der Waals surface area contributed by atoms with Crippen LogP contribution in [0.5, 0.6) is 0 Å². The number of para-hydroxylation sites is 1. The molecule has 26 heavy (non-hydrogen) atoms. The van der Waals surface area contributed by atoms with Crippen molar-refractivity contribution in [2.24, 2.45) is 0 Å². The van der Waals surface area contributed by atoms with Gasteiger partial charge in [-0.15, -0.1) is 0 Å². The van der Waals surface area contributed by atoms with Crippen LogP contribution in [0.4, 0.5) is 5.69 Å². The van der Waals surface area contributed by atoms with Gasteiger partial charge in [-0.3, -0.25) is 9.69 Å². The van der Waals surface area contributed by atoms with Crippen LogP contribution in [0.15, 0.2) is 42.1 Å². The molecule has 1 aromatic carbocycles. The Hall–Kier alpha value is -2.44. The number of benzene rings is 1. The van der Waals surface area contributed by atoms with Gasteiger partial charge >= 0.3 is 0 Å². The molecule has 0 bridgehead atoms. The van der Waals surface area contributed by atoms with E-state index in [1.807, 2.05) is 43.5 Å². The first kappa shape index (κ1) is 18.4. The van der Waals surface area contributed by atoms with Crippen molar-refractivity contribution in [1.29, 1.82) is 0 Å². The highest BCUT2D eigenvalue weighted by molar-refractivity contribution is 7.80. The van der Waals surface area contributed by atoms with Crippen molar-refractivity contribution in [2.45, 2.75) is 20.4 Å². The average molecular weight is 369 g/mol. The van der Waals surface area contributed by atoms with Gasteiger partial charge in [-0.05, 0) is 55.9 Å². The third-order valence-electron chi connectivity index (χ3n) is 4.70. The number of amides is 1. The topological polar surface area (TPSA) is 37.7 Å². The molecule has 136 valence electrons. The number of carbonyl (C=O) groups is 1. The number of hydrogen-bond acceptors (Lipinski definition) is 3. The molecule has 1 amide bonds. The second-order valence-electron chi connectivity index (χ2n) is 6.32. The molecular formula is C20H23N3O2S. The lowest BCUT2D eigenvalue weighted by molar-refractivity contribution is -0.114. The predicted molar refractivity (Wildman–Crippen MR) is 108 cm³/mol. The second kappa shape index (κ2) is 7.43. The summed E-state index contributed by atoms with van der Waals surface area (Å²) in [6, 6.07) is 11.6. The summed E-state index contributed by atoms with van der Waals surface area (Å²) < 4.78 is 7.38. The second-order valence-corrected chi connectivity index (χ2v) is 6.68. The fourth-order valence-electron chi connectivity index (χ4n) is 3.21.